The third-order valence-electron chi connectivity index (χ3n) is 5.02. The van der Waals surface area contributed by atoms with E-state index in [0.29, 0.717) is 5.78 Å². The fourth-order valence-corrected chi connectivity index (χ4v) is 3.87. The van der Waals surface area contributed by atoms with Crippen LogP contribution in [-0.2, 0) is 11.2 Å². The van der Waals surface area contributed by atoms with E-state index in [9.17, 15) is 4.79 Å². The highest BCUT2D eigenvalue weighted by Crippen LogP contribution is 2.42. The molecule has 0 saturated heterocycles. The van der Waals surface area contributed by atoms with Crippen molar-refractivity contribution in [1.82, 2.24) is 9.88 Å². The summed E-state index contributed by atoms with van der Waals surface area (Å²) in [4.78, 5) is 19.7. The van der Waals surface area contributed by atoms with Crippen molar-refractivity contribution in [2.24, 2.45) is 0 Å². The first kappa shape index (κ1) is 12.8. The summed E-state index contributed by atoms with van der Waals surface area (Å²) in [5.41, 5.74) is 2.08. The zero-order chi connectivity index (χ0) is 13.5. The Balaban J connectivity index is 1.93. The molecule has 3 heteroatoms. The summed E-state index contributed by atoms with van der Waals surface area (Å²) >= 11 is 0. The Morgan fingerprint density at radius 1 is 1.37 bits per heavy atom. The summed E-state index contributed by atoms with van der Waals surface area (Å²) in [5, 5.41) is 0. The summed E-state index contributed by atoms with van der Waals surface area (Å²) in [6, 6.07) is 4.09. The Bertz CT molecular complexity index is 489. The van der Waals surface area contributed by atoms with Gasteiger partial charge >= 0.3 is 0 Å². The Morgan fingerprint density at radius 2 is 2.11 bits per heavy atom. The maximum atomic E-state index is 13.1. The molecule has 0 amide bonds. The van der Waals surface area contributed by atoms with Crippen LogP contribution in [0, 0.1) is 0 Å². The third kappa shape index (κ3) is 1.91. The minimum atomic E-state index is -0.232. The number of carbonyl (C=O) groups excluding carboxylic acids is 1. The van der Waals surface area contributed by atoms with Crippen molar-refractivity contribution in [3.05, 3.63) is 29.6 Å². The summed E-state index contributed by atoms with van der Waals surface area (Å²) in [6.45, 7) is 0. The molecule has 1 fully saturated rings. The van der Waals surface area contributed by atoms with Gasteiger partial charge in [-0.15, -0.1) is 0 Å². The number of pyridine rings is 1. The lowest BCUT2D eigenvalue weighted by atomic mass is 9.82. The lowest BCUT2D eigenvalue weighted by molar-refractivity contribution is -0.131. The number of nitrogens with zero attached hydrogens (tertiary/aromatic N) is 2. The molecule has 1 heterocycles. The number of fused-ring (bicyclic) bond motifs is 1. The highest BCUT2D eigenvalue weighted by atomic mass is 16.1. The topological polar surface area (TPSA) is 33.2 Å². The van der Waals surface area contributed by atoms with Crippen molar-refractivity contribution in [3.8, 4) is 0 Å². The van der Waals surface area contributed by atoms with E-state index in [2.05, 4.69) is 30.0 Å². The van der Waals surface area contributed by atoms with Crippen molar-refractivity contribution in [1.29, 1.82) is 0 Å². The van der Waals surface area contributed by atoms with Crippen LogP contribution < -0.4 is 0 Å². The van der Waals surface area contributed by atoms with Crippen LogP contribution in [0.3, 0.4) is 0 Å². The van der Waals surface area contributed by atoms with Crippen LogP contribution in [0.1, 0.15) is 49.3 Å². The molecular formula is C16H22N2O. The maximum Gasteiger partial charge on any atom is 0.162 e. The van der Waals surface area contributed by atoms with Crippen molar-refractivity contribution >= 4 is 5.78 Å². The molecule has 102 valence electrons. The molecule has 2 aliphatic carbocycles. The average molecular weight is 258 g/mol. The number of ketones is 1. The van der Waals surface area contributed by atoms with E-state index >= 15 is 0 Å². The van der Waals surface area contributed by atoms with E-state index in [4.69, 9.17) is 0 Å². The van der Waals surface area contributed by atoms with Crippen LogP contribution in [-0.4, -0.2) is 35.3 Å². The molecule has 1 unspecified atom stereocenters. The summed E-state index contributed by atoms with van der Waals surface area (Å²) in [7, 11) is 4.11. The summed E-state index contributed by atoms with van der Waals surface area (Å²) in [6.07, 6.45) is 8.14. The van der Waals surface area contributed by atoms with Crippen molar-refractivity contribution in [2.75, 3.05) is 14.1 Å². The number of Topliss-reactive ketones (excluding diaryl/α,β-unsaturated/α-hetero) is 1. The van der Waals surface area contributed by atoms with Gasteiger partial charge in [0.05, 0.1) is 17.2 Å². The molecule has 3 nitrogen and oxygen atoms in total. The molecule has 1 aromatic rings. The largest absolute Gasteiger partial charge is 0.297 e. The van der Waals surface area contributed by atoms with Gasteiger partial charge < -0.3 is 0 Å². The highest BCUT2D eigenvalue weighted by molar-refractivity contribution is 5.94. The first-order valence-corrected chi connectivity index (χ1v) is 7.31. The van der Waals surface area contributed by atoms with E-state index in [1.165, 1.54) is 18.4 Å². The van der Waals surface area contributed by atoms with Gasteiger partial charge in [0, 0.05) is 6.20 Å². The molecule has 0 radical (unpaired) electrons. The first-order chi connectivity index (χ1) is 9.15. The lowest BCUT2D eigenvalue weighted by Crippen LogP contribution is -2.50. The Morgan fingerprint density at radius 3 is 2.79 bits per heavy atom. The normalized spacial score (nSPS) is 24.7. The molecule has 3 rings (SSSR count). The van der Waals surface area contributed by atoms with Gasteiger partial charge in [0.1, 0.15) is 0 Å². The van der Waals surface area contributed by atoms with Gasteiger partial charge in [0.25, 0.3) is 0 Å². The van der Waals surface area contributed by atoms with E-state index in [0.717, 1.165) is 31.4 Å². The second kappa shape index (κ2) is 4.71. The van der Waals surface area contributed by atoms with E-state index in [1.54, 1.807) is 0 Å². The van der Waals surface area contributed by atoms with Crippen LogP contribution >= 0.6 is 0 Å². The van der Waals surface area contributed by atoms with Gasteiger partial charge in [-0.2, -0.15) is 0 Å². The zero-order valence-electron chi connectivity index (χ0n) is 11.9. The minimum absolute atomic E-state index is 0.0247. The Labute approximate surface area is 115 Å². The number of hydrogen-bond acceptors (Lipinski definition) is 3. The van der Waals surface area contributed by atoms with Crippen molar-refractivity contribution in [2.45, 2.75) is 50.0 Å². The van der Waals surface area contributed by atoms with Crippen LogP contribution in [0.15, 0.2) is 18.3 Å². The minimum Gasteiger partial charge on any atom is -0.297 e. The Kier molecular flexibility index (Phi) is 3.17. The second-order valence-corrected chi connectivity index (χ2v) is 6.14. The quantitative estimate of drug-likeness (QED) is 0.835. The molecule has 0 N–H and O–H groups in total. The van der Waals surface area contributed by atoms with Gasteiger partial charge in [-0.05, 0) is 51.4 Å². The molecule has 19 heavy (non-hydrogen) atoms. The fraction of sp³-hybridized carbons (Fsp3) is 0.625. The fourth-order valence-electron chi connectivity index (χ4n) is 3.87. The van der Waals surface area contributed by atoms with Crippen LogP contribution in [0.5, 0.6) is 0 Å². The zero-order valence-corrected chi connectivity index (χ0v) is 11.9. The number of rotatable bonds is 3. The van der Waals surface area contributed by atoms with Crippen LogP contribution in [0.2, 0.25) is 0 Å². The molecule has 1 aromatic heterocycles. The number of carbonyl (C=O) groups is 1. The average Bonchev–Trinajstić information content (AvgIpc) is 3.06. The Hall–Kier alpha value is -1.22. The molecule has 0 bridgehead atoms. The maximum absolute atomic E-state index is 13.1. The van der Waals surface area contributed by atoms with Crippen molar-refractivity contribution < 1.29 is 4.79 Å². The van der Waals surface area contributed by atoms with Gasteiger partial charge in [-0.25, -0.2) is 0 Å². The molecule has 0 aliphatic heterocycles. The van der Waals surface area contributed by atoms with Crippen LogP contribution in [0.25, 0.3) is 0 Å². The number of aryl methyl sites for hydroxylation is 1. The van der Waals surface area contributed by atoms with E-state index in [-0.39, 0.29) is 11.5 Å². The molecule has 1 saturated carbocycles. The second-order valence-electron chi connectivity index (χ2n) is 6.14. The predicted octanol–water partition coefficient (Wildman–Crippen LogP) is 2.55. The number of likely N-dealkylation sites (N-methyl/N-ethyl adjacent to an activating group) is 1. The van der Waals surface area contributed by atoms with Crippen molar-refractivity contribution in [3.63, 3.8) is 0 Å². The molecule has 2 aliphatic rings. The van der Waals surface area contributed by atoms with Gasteiger partial charge in [0.15, 0.2) is 5.78 Å². The standard InChI is InChI=1S/C16H22N2O/c1-18(2)16(9-3-4-10-16)15(19)13-8-7-12-6-5-11-17-14(12)13/h5-6,11,13H,3-4,7-10H2,1-2H3. The van der Waals surface area contributed by atoms with Gasteiger partial charge in [-0.3, -0.25) is 14.7 Å². The van der Waals surface area contributed by atoms with Gasteiger partial charge in [-0.1, -0.05) is 18.9 Å². The summed E-state index contributed by atoms with van der Waals surface area (Å²) < 4.78 is 0. The van der Waals surface area contributed by atoms with Crippen LogP contribution in [0.4, 0.5) is 0 Å². The SMILES string of the molecule is CN(C)C1(C(=O)C2CCc3cccnc32)CCCC1. The predicted molar refractivity (Wildman–Crippen MR) is 75.2 cm³/mol. The lowest BCUT2D eigenvalue weighted by Gasteiger charge is -2.36. The highest BCUT2D eigenvalue weighted by Gasteiger charge is 2.47. The smallest absolute Gasteiger partial charge is 0.162 e. The first-order valence-electron chi connectivity index (χ1n) is 7.31. The third-order valence-corrected chi connectivity index (χ3v) is 5.02. The molecule has 1 atom stereocenters. The molecular weight excluding hydrogens is 236 g/mol. The number of aromatic nitrogens is 1. The molecule has 0 spiro atoms. The van der Waals surface area contributed by atoms with E-state index < -0.39 is 0 Å². The summed E-state index contributed by atoms with van der Waals surface area (Å²) in [5.74, 6) is 0.434. The monoisotopic (exact) mass is 258 g/mol. The molecule has 0 aromatic carbocycles. The van der Waals surface area contributed by atoms with Gasteiger partial charge in [0.2, 0.25) is 0 Å². The van der Waals surface area contributed by atoms with E-state index in [1.807, 2.05) is 12.3 Å². The number of hydrogen-bond donors (Lipinski definition) is 0.